The van der Waals surface area contributed by atoms with Crippen molar-refractivity contribution in [3.63, 3.8) is 0 Å². The Kier molecular flexibility index (Phi) is 5.00. The lowest BCUT2D eigenvalue weighted by Gasteiger charge is -2.13. The van der Waals surface area contributed by atoms with Crippen LogP contribution in [-0.4, -0.2) is 18.0 Å². The van der Waals surface area contributed by atoms with Gasteiger partial charge in [-0.2, -0.15) is 0 Å². The Hall–Kier alpha value is -2.27. The summed E-state index contributed by atoms with van der Waals surface area (Å²) in [7, 11) is 0. The number of carbonyl (C=O) groups excluding carboxylic acids is 2. The average molecular weight is 308 g/mol. The zero-order valence-electron chi connectivity index (χ0n) is 11.3. The van der Waals surface area contributed by atoms with Gasteiger partial charge in [-0.3, -0.25) is 4.79 Å². The third-order valence-corrected chi connectivity index (χ3v) is 2.97. The van der Waals surface area contributed by atoms with Crippen LogP contribution in [0.1, 0.15) is 23.0 Å². The van der Waals surface area contributed by atoms with Crippen LogP contribution in [0.4, 0.5) is 0 Å². The van der Waals surface area contributed by atoms with E-state index in [1.165, 1.54) is 19.3 Å². The first-order chi connectivity index (χ1) is 10.1. The minimum absolute atomic E-state index is 0.241. The molecule has 0 aliphatic rings. The summed E-state index contributed by atoms with van der Waals surface area (Å²) in [6, 6.07) is 9.81. The molecule has 0 spiro atoms. The molecule has 0 aliphatic carbocycles. The summed E-state index contributed by atoms with van der Waals surface area (Å²) >= 11 is 5.80. The lowest BCUT2D eigenvalue weighted by molar-refractivity contribution is -0.129. The fourth-order valence-electron chi connectivity index (χ4n) is 1.63. The predicted octanol–water partition coefficient (Wildman–Crippen LogP) is 2.79. The lowest BCUT2D eigenvalue weighted by atomic mass is 10.2. The summed E-state index contributed by atoms with van der Waals surface area (Å²) < 4.78 is 10.2. The van der Waals surface area contributed by atoms with E-state index in [0.29, 0.717) is 16.3 Å². The Morgan fingerprint density at radius 1 is 1.33 bits per heavy atom. The van der Waals surface area contributed by atoms with Crippen LogP contribution in [0, 0.1) is 0 Å². The highest BCUT2D eigenvalue weighted by atomic mass is 35.5. The number of ether oxygens (including phenoxy) is 1. The zero-order chi connectivity index (χ0) is 15.2. The highest BCUT2D eigenvalue weighted by Crippen LogP contribution is 2.12. The predicted molar refractivity (Wildman–Crippen MR) is 76.9 cm³/mol. The van der Waals surface area contributed by atoms with Crippen molar-refractivity contribution in [3.05, 3.63) is 59.0 Å². The van der Waals surface area contributed by atoms with Gasteiger partial charge in [-0.1, -0.05) is 17.7 Å². The average Bonchev–Trinajstić information content (AvgIpc) is 2.97. The molecule has 110 valence electrons. The lowest BCUT2D eigenvalue weighted by Crippen LogP contribution is -2.35. The molecule has 1 heterocycles. The van der Waals surface area contributed by atoms with Crippen molar-refractivity contribution < 1.29 is 18.7 Å². The van der Waals surface area contributed by atoms with E-state index in [2.05, 4.69) is 5.32 Å². The van der Waals surface area contributed by atoms with Crippen molar-refractivity contribution in [1.29, 1.82) is 0 Å². The van der Waals surface area contributed by atoms with Gasteiger partial charge >= 0.3 is 5.97 Å². The SMILES string of the molecule is C[C@H](OC(=O)c1cccc(Cl)c1)C(=O)NCc1ccco1. The van der Waals surface area contributed by atoms with E-state index >= 15 is 0 Å². The van der Waals surface area contributed by atoms with Gasteiger partial charge in [0, 0.05) is 5.02 Å². The van der Waals surface area contributed by atoms with Crippen LogP contribution in [-0.2, 0) is 16.1 Å². The third-order valence-electron chi connectivity index (χ3n) is 2.73. The van der Waals surface area contributed by atoms with Crippen LogP contribution >= 0.6 is 11.6 Å². The molecular formula is C15H14ClNO4. The Bertz CT molecular complexity index is 624. The van der Waals surface area contributed by atoms with Gasteiger partial charge in [0.1, 0.15) is 5.76 Å². The Labute approximate surface area is 126 Å². The standard InChI is InChI=1S/C15H14ClNO4/c1-10(14(18)17-9-13-6-3-7-20-13)21-15(19)11-4-2-5-12(16)8-11/h2-8,10H,9H2,1H3,(H,17,18)/t10-/m0/s1. The van der Waals surface area contributed by atoms with Crippen molar-refractivity contribution >= 4 is 23.5 Å². The molecule has 2 rings (SSSR count). The van der Waals surface area contributed by atoms with Crippen molar-refractivity contribution in [2.75, 3.05) is 0 Å². The molecule has 0 saturated heterocycles. The number of furan rings is 1. The number of carbonyl (C=O) groups is 2. The molecule has 2 aromatic rings. The molecule has 1 N–H and O–H groups in total. The second-order valence-corrected chi connectivity index (χ2v) is 4.79. The number of benzene rings is 1. The van der Waals surface area contributed by atoms with E-state index < -0.39 is 18.0 Å². The molecule has 1 amide bonds. The summed E-state index contributed by atoms with van der Waals surface area (Å²) in [6.07, 6.45) is 0.607. The monoisotopic (exact) mass is 307 g/mol. The third kappa shape index (κ3) is 4.36. The number of rotatable bonds is 5. The van der Waals surface area contributed by atoms with E-state index in [1.54, 1.807) is 30.3 Å². The number of nitrogens with one attached hydrogen (secondary N) is 1. The fraction of sp³-hybridized carbons (Fsp3) is 0.200. The van der Waals surface area contributed by atoms with Gasteiger partial charge in [0.15, 0.2) is 6.10 Å². The molecule has 0 bridgehead atoms. The molecule has 1 atom stereocenters. The van der Waals surface area contributed by atoms with Crippen LogP contribution in [0.3, 0.4) is 0 Å². The minimum atomic E-state index is -0.911. The van der Waals surface area contributed by atoms with Gasteiger partial charge in [-0.15, -0.1) is 0 Å². The van der Waals surface area contributed by atoms with Crippen LogP contribution in [0.2, 0.25) is 5.02 Å². The summed E-state index contributed by atoms with van der Waals surface area (Å²) in [5.74, 6) is -0.378. The Balaban J connectivity index is 1.86. The molecule has 0 fully saturated rings. The maximum absolute atomic E-state index is 11.9. The summed E-state index contributed by atoms with van der Waals surface area (Å²) in [5, 5.41) is 3.05. The first-order valence-electron chi connectivity index (χ1n) is 6.33. The zero-order valence-corrected chi connectivity index (χ0v) is 12.1. The first kappa shape index (κ1) is 15.1. The topological polar surface area (TPSA) is 68.5 Å². The van der Waals surface area contributed by atoms with Gasteiger partial charge in [0.05, 0.1) is 18.4 Å². The second-order valence-electron chi connectivity index (χ2n) is 4.36. The van der Waals surface area contributed by atoms with Crippen molar-refractivity contribution in [2.45, 2.75) is 19.6 Å². The molecule has 0 aliphatic heterocycles. The fourth-order valence-corrected chi connectivity index (χ4v) is 1.82. The minimum Gasteiger partial charge on any atom is -0.467 e. The largest absolute Gasteiger partial charge is 0.467 e. The maximum Gasteiger partial charge on any atom is 0.338 e. The Morgan fingerprint density at radius 2 is 2.14 bits per heavy atom. The molecule has 21 heavy (non-hydrogen) atoms. The van der Waals surface area contributed by atoms with Gasteiger partial charge in [0.25, 0.3) is 5.91 Å². The number of hydrogen-bond acceptors (Lipinski definition) is 4. The van der Waals surface area contributed by atoms with Crippen molar-refractivity contribution in [2.24, 2.45) is 0 Å². The molecule has 0 radical (unpaired) electrons. The quantitative estimate of drug-likeness (QED) is 0.862. The van der Waals surface area contributed by atoms with Crippen LogP contribution in [0.25, 0.3) is 0 Å². The molecule has 6 heteroatoms. The van der Waals surface area contributed by atoms with Crippen LogP contribution in [0.5, 0.6) is 0 Å². The van der Waals surface area contributed by atoms with Gasteiger partial charge < -0.3 is 14.5 Å². The highest BCUT2D eigenvalue weighted by molar-refractivity contribution is 6.30. The Morgan fingerprint density at radius 3 is 2.81 bits per heavy atom. The van der Waals surface area contributed by atoms with Crippen LogP contribution in [0.15, 0.2) is 47.1 Å². The molecule has 0 saturated carbocycles. The van der Waals surface area contributed by atoms with Crippen LogP contribution < -0.4 is 5.32 Å². The number of esters is 1. The van der Waals surface area contributed by atoms with Crippen molar-refractivity contribution in [1.82, 2.24) is 5.32 Å². The van der Waals surface area contributed by atoms with E-state index in [9.17, 15) is 9.59 Å². The highest BCUT2D eigenvalue weighted by Gasteiger charge is 2.19. The van der Waals surface area contributed by atoms with Gasteiger partial charge in [-0.25, -0.2) is 4.79 Å². The van der Waals surface area contributed by atoms with E-state index in [-0.39, 0.29) is 6.54 Å². The van der Waals surface area contributed by atoms with E-state index in [1.807, 2.05) is 0 Å². The van der Waals surface area contributed by atoms with E-state index in [0.717, 1.165) is 0 Å². The first-order valence-corrected chi connectivity index (χ1v) is 6.70. The van der Waals surface area contributed by atoms with E-state index in [4.69, 9.17) is 20.8 Å². The second kappa shape index (κ2) is 6.95. The smallest absolute Gasteiger partial charge is 0.338 e. The van der Waals surface area contributed by atoms with Crippen molar-refractivity contribution in [3.8, 4) is 0 Å². The molecule has 5 nitrogen and oxygen atoms in total. The number of halogens is 1. The molecule has 1 aromatic carbocycles. The molecule has 1 aromatic heterocycles. The summed E-state index contributed by atoms with van der Waals surface area (Å²) in [5.41, 5.74) is 0.299. The summed E-state index contributed by atoms with van der Waals surface area (Å²) in [4.78, 5) is 23.7. The van der Waals surface area contributed by atoms with Gasteiger partial charge in [-0.05, 0) is 37.3 Å². The maximum atomic E-state index is 11.9. The number of hydrogen-bond donors (Lipinski definition) is 1. The summed E-state index contributed by atoms with van der Waals surface area (Å²) in [6.45, 7) is 1.74. The number of amides is 1. The molecular weight excluding hydrogens is 294 g/mol. The normalized spacial score (nSPS) is 11.7. The van der Waals surface area contributed by atoms with Gasteiger partial charge in [0.2, 0.25) is 0 Å². The molecule has 0 unspecified atom stereocenters.